The standard InChI is InChI=1S/C16H14ClN3O3S/c1-10(14(21)18-9-13-3-2-8-22-13)24-16-20-19-15(23-16)11-4-6-12(17)7-5-11/h2-8,10H,9H2,1H3,(H,18,21). The largest absolute Gasteiger partial charge is 0.467 e. The van der Waals surface area contributed by atoms with E-state index in [2.05, 4.69) is 15.5 Å². The van der Waals surface area contributed by atoms with Crippen LogP contribution in [-0.4, -0.2) is 21.4 Å². The number of thioether (sulfide) groups is 1. The second-order valence-corrected chi connectivity index (χ2v) is 6.67. The topological polar surface area (TPSA) is 81.2 Å². The first-order valence-corrected chi connectivity index (χ1v) is 8.44. The Hall–Kier alpha value is -2.25. The number of furan rings is 1. The molecule has 1 atom stereocenters. The molecule has 1 unspecified atom stereocenters. The van der Waals surface area contributed by atoms with Crippen molar-refractivity contribution < 1.29 is 13.6 Å². The Morgan fingerprint density at radius 1 is 1.29 bits per heavy atom. The maximum absolute atomic E-state index is 12.1. The van der Waals surface area contributed by atoms with Gasteiger partial charge in [0, 0.05) is 10.6 Å². The van der Waals surface area contributed by atoms with Crippen molar-refractivity contribution >= 4 is 29.3 Å². The first-order chi connectivity index (χ1) is 11.6. The van der Waals surface area contributed by atoms with Gasteiger partial charge in [0.15, 0.2) is 0 Å². The lowest BCUT2D eigenvalue weighted by Crippen LogP contribution is -2.30. The number of carbonyl (C=O) groups is 1. The molecule has 0 saturated heterocycles. The van der Waals surface area contributed by atoms with Crippen LogP contribution in [0.25, 0.3) is 11.5 Å². The van der Waals surface area contributed by atoms with E-state index in [0.29, 0.717) is 28.4 Å². The molecule has 1 amide bonds. The summed E-state index contributed by atoms with van der Waals surface area (Å²) in [5.41, 5.74) is 0.772. The number of hydrogen-bond donors (Lipinski definition) is 1. The van der Waals surface area contributed by atoms with Crippen LogP contribution in [0.4, 0.5) is 0 Å². The number of aromatic nitrogens is 2. The van der Waals surface area contributed by atoms with E-state index >= 15 is 0 Å². The summed E-state index contributed by atoms with van der Waals surface area (Å²) in [4.78, 5) is 12.1. The fourth-order valence-corrected chi connectivity index (χ4v) is 2.74. The van der Waals surface area contributed by atoms with Crippen molar-refractivity contribution in [1.29, 1.82) is 0 Å². The Labute approximate surface area is 147 Å². The van der Waals surface area contributed by atoms with Crippen molar-refractivity contribution in [2.24, 2.45) is 0 Å². The highest BCUT2D eigenvalue weighted by atomic mass is 35.5. The van der Waals surface area contributed by atoms with Crippen LogP contribution >= 0.6 is 23.4 Å². The van der Waals surface area contributed by atoms with Crippen molar-refractivity contribution in [3.05, 3.63) is 53.4 Å². The van der Waals surface area contributed by atoms with Gasteiger partial charge in [-0.05, 0) is 43.3 Å². The average Bonchev–Trinajstić information content (AvgIpc) is 3.25. The van der Waals surface area contributed by atoms with Gasteiger partial charge in [0.05, 0.1) is 18.1 Å². The third kappa shape index (κ3) is 4.18. The zero-order valence-corrected chi connectivity index (χ0v) is 14.3. The molecule has 0 saturated carbocycles. The quantitative estimate of drug-likeness (QED) is 0.671. The molecule has 3 aromatic rings. The fourth-order valence-electron chi connectivity index (χ4n) is 1.90. The van der Waals surface area contributed by atoms with Crippen molar-refractivity contribution in [2.45, 2.75) is 23.9 Å². The van der Waals surface area contributed by atoms with Gasteiger partial charge in [0.25, 0.3) is 5.22 Å². The molecule has 0 aliphatic carbocycles. The summed E-state index contributed by atoms with van der Waals surface area (Å²) < 4.78 is 10.8. The minimum Gasteiger partial charge on any atom is -0.467 e. The molecule has 3 rings (SSSR count). The molecular formula is C16H14ClN3O3S. The van der Waals surface area contributed by atoms with Gasteiger partial charge in [0.1, 0.15) is 5.76 Å². The predicted molar refractivity (Wildman–Crippen MR) is 90.6 cm³/mol. The lowest BCUT2D eigenvalue weighted by molar-refractivity contribution is -0.120. The van der Waals surface area contributed by atoms with Crippen molar-refractivity contribution in [3.8, 4) is 11.5 Å². The molecule has 0 aliphatic heterocycles. The van der Waals surface area contributed by atoms with E-state index in [4.69, 9.17) is 20.4 Å². The molecule has 1 N–H and O–H groups in total. The van der Waals surface area contributed by atoms with Crippen molar-refractivity contribution in [1.82, 2.24) is 15.5 Å². The summed E-state index contributed by atoms with van der Waals surface area (Å²) in [5, 5.41) is 11.3. The van der Waals surface area contributed by atoms with E-state index in [0.717, 1.165) is 5.56 Å². The number of rotatable bonds is 6. The van der Waals surface area contributed by atoms with Gasteiger partial charge in [-0.3, -0.25) is 4.79 Å². The average molecular weight is 364 g/mol. The molecule has 0 fully saturated rings. The van der Waals surface area contributed by atoms with E-state index < -0.39 is 0 Å². The van der Waals surface area contributed by atoms with E-state index in [1.165, 1.54) is 11.8 Å². The normalized spacial score (nSPS) is 12.1. The molecule has 0 bridgehead atoms. The summed E-state index contributed by atoms with van der Waals surface area (Å²) in [6.07, 6.45) is 1.57. The summed E-state index contributed by atoms with van der Waals surface area (Å²) in [7, 11) is 0. The van der Waals surface area contributed by atoms with E-state index in [9.17, 15) is 4.79 Å². The van der Waals surface area contributed by atoms with Gasteiger partial charge in [-0.15, -0.1) is 10.2 Å². The summed E-state index contributed by atoms with van der Waals surface area (Å²) >= 11 is 7.05. The smallest absolute Gasteiger partial charge is 0.277 e. The monoisotopic (exact) mass is 363 g/mol. The van der Waals surface area contributed by atoms with Crippen LogP contribution in [0.5, 0.6) is 0 Å². The Morgan fingerprint density at radius 3 is 2.79 bits per heavy atom. The molecule has 6 nitrogen and oxygen atoms in total. The van der Waals surface area contributed by atoms with Crippen LogP contribution in [0.15, 0.2) is 56.7 Å². The lowest BCUT2D eigenvalue weighted by Gasteiger charge is -2.08. The number of amides is 1. The zero-order valence-electron chi connectivity index (χ0n) is 12.7. The van der Waals surface area contributed by atoms with E-state index in [-0.39, 0.29) is 11.2 Å². The number of halogens is 1. The number of carbonyl (C=O) groups excluding carboxylic acids is 1. The summed E-state index contributed by atoms with van der Waals surface area (Å²) in [6.45, 7) is 2.12. The highest BCUT2D eigenvalue weighted by Crippen LogP contribution is 2.26. The second-order valence-electron chi connectivity index (χ2n) is 4.94. The van der Waals surface area contributed by atoms with Crippen LogP contribution in [0.2, 0.25) is 5.02 Å². The summed E-state index contributed by atoms with van der Waals surface area (Å²) in [6, 6.07) is 10.7. The number of hydrogen-bond acceptors (Lipinski definition) is 6. The molecule has 124 valence electrons. The second kappa shape index (κ2) is 7.55. The highest BCUT2D eigenvalue weighted by molar-refractivity contribution is 8.00. The minimum atomic E-state index is -0.376. The first-order valence-electron chi connectivity index (χ1n) is 7.18. The van der Waals surface area contributed by atoms with Gasteiger partial charge in [-0.1, -0.05) is 23.4 Å². The maximum Gasteiger partial charge on any atom is 0.277 e. The fraction of sp³-hybridized carbons (Fsp3) is 0.188. The number of nitrogens with one attached hydrogen (secondary N) is 1. The number of nitrogens with zero attached hydrogens (tertiary/aromatic N) is 2. The van der Waals surface area contributed by atoms with Gasteiger partial charge >= 0.3 is 0 Å². The van der Waals surface area contributed by atoms with E-state index in [1.54, 1.807) is 49.6 Å². The molecule has 2 heterocycles. The zero-order chi connectivity index (χ0) is 16.9. The van der Waals surface area contributed by atoms with Crippen LogP contribution in [0.3, 0.4) is 0 Å². The van der Waals surface area contributed by atoms with Crippen LogP contribution in [-0.2, 0) is 11.3 Å². The van der Waals surface area contributed by atoms with Crippen molar-refractivity contribution in [2.75, 3.05) is 0 Å². The molecule has 0 spiro atoms. The van der Waals surface area contributed by atoms with Gasteiger partial charge in [0.2, 0.25) is 11.8 Å². The van der Waals surface area contributed by atoms with Crippen LogP contribution in [0.1, 0.15) is 12.7 Å². The Bertz CT molecular complexity index is 802. The third-order valence-electron chi connectivity index (χ3n) is 3.16. The third-order valence-corrected chi connectivity index (χ3v) is 4.35. The van der Waals surface area contributed by atoms with Gasteiger partial charge < -0.3 is 14.2 Å². The molecule has 8 heteroatoms. The Morgan fingerprint density at radius 2 is 2.08 bits per heavy atom. The summed E-state index contributed by atoms with van der Waals surface area (Å²) in [5.74, 6) is 0.948. The SMILES string of the molecule is CC(Sc1nnc(-c2ccc(Cl)cc2)o1)C(=O)NCc1ccco1. The van der Waals surface area contributed by atoms with Crippen molar-refractivity contribution in [3.63, 3.8) is 0 Å². The minimum absolute atomic E-state index is 0.136. The predicted octanol–water partition coefficient (Wildman–Crippen LogP) is 3.78. The molecule has 0 radical (unpaired) electrons. The maximum atomic E-state index is 12.1. The first kappa shape index (κ1) is 16.6. The van der Waals surface area contributed by atoms with E-state index in [1.807, 2.05) is 0 Å². The highest BCUT2D eigenvalue weighted by Gasteiger charge is 2.18. The molecule has 24 heavy (non-hydrogen) atoms. The molecular weight excluding hydrogens is 350 g/mol. The number of benzene rings is 1. The van der Waals surface area contributed by atoms with Gasteiger partial charge in [-0.25, -0.2) is 0 Å². The molecule has 1 aromatic carbocycles. The van der Waals surface area contributed by atoms with Gasteiger partial charge in [-0.2, -0.15) is 0 Å². The van der Waals surface area contributed by atoms with Crippen LogP contribution < -0.4 is 5.32 Å². The lowest BCUT2D eigenvalue weighted by atomic mass is 10.2. The van der Waals surface area contributed by atoms with Crippen LogP contribution in [0, 0.1) is 0 Å². The molecule has 0 aliphatic rings. The Kier molecular flexibility index (Phi) is 5.22. The Balaban J connectivity index is 1.57. The molecule has 2 aromatic heterocycles.